The first-order chi connectivity index (χ1) is 10.6. The van der Waals surface area contributed by atoms with Crippen LogP contribution in [-0.2, 0) is 14.3 Å². The Bertz CT molecular complexity index is 546. The summed E-state index contributed by atoms with van der Waals surface area (Å²) in [5, 5.41) is 5.62. The number of hydrogen-bond acceptors (Lipinski definition) is 4. The predicted molar refractivity (Wildman–Crippen MR) is 84.9 cm³/mol. The quantitative estimate of drug-likeness (QED) is 0.556. The summed E-state index contributed by atoms with van der Waals surface area (Å²) >= 11 is 5.90. The van der Waals surface area contributed by atoms with Crippen LogP contribution in [0.5, 0.6) is 5.75 Å². The zero-order chi connectivity index (χ0) is 16.4. The molecular weight excluding hydrogens is 308 g/mol. The number of carbonyl (C=O) groups excluding carboxylic acids is 2. The number of nitrogens with one attached hydrogen (secondary N) is 2. The molecule has 0 atom stereocenters. The zero-order valence-corrected chi connectivity index (χ0v) is 13.3. The largest absolute Gasteiger partial charge is 0.496 e. The van der Waals surface area contributed by atoms with E-state index in [1.54, 1.807) is 31.4 Å². The highest BCUT2D eigenvalue weighted by Gasteiger charge is 2.04. The maximum Gasteiger partial charge on any atom is 0.244 e. The molecule has 2 N–H and O–H groups in total. The minimum Gasteiger partial charge on any atom is -0.496 e. The summed E-state index contributed by atoms with van der Waals surface area (Å²) in [5.41, 5.74) is 0.676. The molecule has 0 bridgehead atoms. The Balaban J connectivity index is 2.48. The van der Waals surface area contributed by atoms with Crippen LogP contribution in [0.4, 0.5) is 0 Å². The second-order valence-corrected chi connectivity index (χ2v) is 4.72. The monoisotopic (exact) mass is 326 g/mol. The fraction of sp³-hybridized carbons (Fsp3) is 0.333. The number of carbonyl (C=O) groups is 2. The summed E-state index contributed by atoms with van der Waals surface area (Å²) in [6.07, 6.45) is 2.89. The summed E-state index contributed by atoms with van der Waals surface area (Å²) in [7, 11) is 3.08. The van der Waals surface area contributed by atoms with E-state index in [-0.39, 0.29) is 18.4 Å². The zero-order valence-electron chi connectivity index (χ0n) is 12.5. The highest BCUT2D eigenvalue weighted by Crippen LogP contribution is 2.23. The molecule has 0 saturated carbocycles. The Kier molecular flexibility index (Phi) is 8.03. The number of hydrogen-bond donors (Lipinski definition) is 2. The number of rotatable bonds is 8. The molecule has 1 aromatic carbocycles. The summed E-state index contributed by atoms with van der Waals surface area (Å²) < 4.78 is 9.97. The molecule has 1 aromatic rings. The van der Waals surface area contributed by atoms with Crippen molar-refractivity contribution in [3.8, 4) is 5.75 Å². The van der Waals surface area contributed by atoms with Crippen LogP contribution in [0.3, 0.4) is 0 Å². The molecule has 1 rings (SSSR count). The lowest BCUT2D eigenvalue weighted by Gasteiger charge is -2.06. The molecular formula is C15H19ClN2O4. The minimum absolute atomic E-state index is 0.0977. The SMILES string of the molecule is COCCNC(=O)CNC(=O)/C=C/c1cc(Cl)ccc1OC. The van der Waals surface area contributed by atoms with Gasteiger partial charge in [0.25, 0.3) is 0 Å². The Morgan fingerprint density at radius 2 is 2.05 bits per heavy atom. The molecule has 120 valence electrons. The second kappa shape index (κ2) is 9.81. The number of amides is 2. The summed E-state index contributed by atoms with van der Waals surface area (Å²) in [6.45, 7) is 0.731. The topological polar surface area (TPSA) is 76.7 Å². The van der Waals surface area contributed by atoms with Crippen LogP contribution >= 0.6 is 11.6 Å². The molecule has 0 spiro atoms. The van der Waals surface area contributed by atoms with E-state index in [1.807, 2.05) is 0 Å². The molecule has 0 unspecified atom stereocenters. The summed E-state index contributed by atoms with van der Waals surface area (Å²) in [6, 6.07) is 5.09. The van der Waals surface area contributed by atoms with Gasteiger partial charge in [0, 0.05) is 30.3 Å². The molecule has 0 saturated heterocycles. The number of halogens is 1. The highest BCUT2D eigenvalue weighted by atomic mass is 35.5. The second-order valence-electron chi connectivity index (χ2n) is 4.28. The third-order valence-electron chi connectivity index (χ3n) is 2.66. The van der Waals surface area contributed by atoms with Crippen LogP contribution in [0.1, 0.15) is 5.56 Å². The van der Waals surface area contributed by atoms with Crippen molar-refractivity contribution in [3.63, 3.8) is 0 Å². The van der Waals surface area contributed by atoms with Crippen LogP contribution in [0.15, 0.2) is 24.3 Å². The van der Waals surface area contributed by atoms with E-state index in [0.717, 1.165) is 0 Å². The van der Waals surface area contributed by atoms with E-state index in [4.69, 9.17) is 21.1 Å². The molecule has 0 heterocycles. The molecule has 0 aromatic heterocycles. The van der Waals surface area contributed by atoms with Crippen molar-refractivity contribution in [2.45, 2.75) is 0 Å². The van der Waals surface area contributed by atoms with E-state index in [0.29, 0.717) is 29.5 Å². The number of methoxy groups -OCH3 is 2. The van der Waals surface area contributed by atoms with Gasteiger partial charge in [-0.25, -0.2) is 0 Å². The van der Waals surface area contributed by atoms with Gasteiger partial charge in [-0.2, -0.15) is 0 Å². The molecule has 22 heavy (non-hydrogen) atoms. The number of benzene rings is 1. The maximum atomic E-state index is 11.7. The van der Waals surface area contributed by atoms with Gasteiger partial charge < -0.3 is 20.1 Å². The first-order valence-electron chi connectivity index (χ1n) is 6.62. The van der Waals surface area contributed by atoms with Crippen molar-refractivity contribution < 1.29 is 19.1 Å². The van der Waals surface area contributed by atoms with Gasteiger partial charge in [-0.3, -0.25) is 9.59 Å². The minimum atomic E-state index is -0.385. The Morgan fingerprint density at radius 1 is 1.27 bits per heavy atom. The fourth-order valence-electron chi connectivity index (χ4n) is 1.58. The van der Waals surface area contributed by atoms with Crippen molar-refractivity contribution in [1.29, 1.82) is 0 Å². The first-order valence-corrected chi connectivity index (χ1v) is 6.99. The predicted octanol–water partition coefficient (Wildman–Crippen LogP) is 1.24. The Labute approximate surface area is 134 Å². The van der Waals surface area contributed by atoms with Gasteiger partial charge in [0.05, 0.1) is 20.3 Å². The average Bonchev–Trinajstić information content (AvgIpc) is 2.51. The molecule has 0 aliphatic rings. The standard InChI is InChI=1S/C15H19ClN2O4/c1-21-8-7-17-15(20)10-18-14(19)6-3-11-9-12(16)4-5-13(11)22-2/h3-6,9H,7-8,10H2,1-2H3,(H,17,20)(H,18,19)/b6-3+. The molecule has 7 heteroatoms. The summed E-state index contributed by atoms with van der Waals surface area (Å²) in [4.78, 5) is 23.1. The van der Waals surface area contributed by atoms with Crippen molar-refractivity contribution in [2.24, 2.45) is 0 Å². The van der Waals surface area contributed by atoms with E-state index < -0.39 is 0 Å². The lowest BCUT2D eigenvalue weighted by atomic mass is 10.2. The van der Waals surface area contributed by atoms with Gasteiger partial charge in [0.1, 0.15) is 5.75 Å². The van der Waals surface area contributed by atoms with Crippen molar-refractivity contribution in [2.75, 3.05) is 33.9 Å². The molecule has 0 radical (unpaired) electrons. The third-order valence-corrected chi connectivity index (χ3v) is 2.89. The first kappa shape index (κ1) is 18.0. The highest BCUT2D eigenvalue weighted by molar-refractivity contribution is 6.30. The molecule has 2 amide bonds. The lowest BCUT2D eigenvalue weighted by Crippen LogP contribution is -2.37. The van der Waals surface area contributed by atoms with E-state index in [2.05, 4.69) is 10.6 Å². The van der Waals surface area contributed by atoms with Crippen LogP contribution < -0.4 is 15.4 Å². The Hall–Kier alpha value is -2.05. The fourth-order valence-corrected chi connectivity index (χ4v) is 1.76. The lowest BCUT2D eigenvalue weighted by molar-refractivity contribution is -0.124. The van der Waals surface area contributed by atoms with Gasteiger partial charge in [0.15, 0.2) is 0 Å². The Morgan fingerprint density at radius 3 is 2.73 bits per heavy atom. The number of ether oxygens (including phenoxy) is 2. The van der Waals surface area contributed by atoms with Crippen LogP contribution in [0, 0.1) is 0 Å². The van der Waals surface area contributed by atoms with Gasteiger partial charge in [0.2, 0.25) is 11.8 Å². The maximum absolute atomic E-state index is 11.7. The normalized spacial score (nSPS) is 10.5. The van der Waals surface area contributed by atoms with Crippen LogP contribution in [0.25, 0.3) is 6.08 Å². The van der Waals surface area contributed by atoms with Crippen LogP contribution in [-0.4, -0.2) is 45.7 Å². The van der Waals surface area contributed by atoms with Gasteiger partial charge >= 0.3 is 0 Å². The van der Waals surface area contributed by atoms with E-state index in [9.17, 15) is 9.59 Å². The van der Waals surface area contributed by atoms with E-state index >= 15 is 0 Å². The molecule has 0 aliphatic carbocycles. The molecule has 0 fully saturated rings. The molecule has 0 aliphatic heterocycles. The van der Waals surface area contributed by atoms with Gasteiger partial charge in [-0.1, -0.05) is 11.6 Å². The van der Waals surface area contributed by atoms with Crippen molar-refractivity contribution in [3.05, 3.63) is 34.9 Å². The molecule has 6 nitrogen and oxygen atoms in total. The summed E-state index contributed by atoms with van der Waals surface area (Å²) in [5.74, 6) is -0.0613. The van der Waals surface area contributed by atoms with Crippen molar-refractivity contribution >= 4 is 29.5 Å². The van der Waals surface area contributed by atoms with E-state index in [1.165, 1.54) is 13.2 Å². The third kappa shape index (κ3) is 6.60. The van der Waals surface area contributed by atoms with Crippen molar-refractivity contribution in [1.82, 2.24) is 10.6 Å². The average molecular weight is 327 g/mol. The van der Waals surface area contributed by atoms with Gasteiger partial charge in [-0.15, -0.1) is 0 Å². The smallest absolute Gasteiger partial charge is 0.244 e. The van der Waals surface area contributed by atoms with Gasteiger partial charge in [-0.05, 0) is 24.3 Å². The van der Waals surface area contributed by atoms with Crippen LogP contribution in [0.2, 0.25) is 5.02 Å².